The summed E-state index contributed by atoms with van der Waals surface area (Å²) in [6, 6.07) is 19.4. The molecule has 3 aromatic rings. The Balaban J connectivity index is 2.00. The summed E-state index contributed by atoms with van der Waals surface area (Å²) in [6.07, 6.45) is 0.818. The lowest BCUT2D eigenvalue weighted by molar-refractivity contribution is -0.139. The normalized spacial score (nSPS) is 11.9. The molecule has 0 aliphatic rings. The summed E-state index contributed by atoms with van der Waals surface area (Å²) in [7, 11) is -2.78. The van der Waals surface area contributed by atoms with Crippen LogP contribution in [0.2, 0.25) is 0 Å². The Labute approximate surface area is 229 Å². The summed E-state index contributed by atoms with van der Waals surface area (Å²) in [5.41, 5.74) is 1.09. The zero-order valence-corrected chi connectivity index (χ0v) is 23.2. The predicted molar refractivity (Wildman–Crippen MR) is 149 cm³/mol. The molecule has 1 atom stereocenters. The highest BCUT2D eigenvalue weighted by molar-refractivity contribution is 7.92. The van der Waals surface area contributed by atoms with Crippen molar-refractivity contribution in [2.75, 3.05) is 31.0 Å². The molecular weight excluding hydrogens is 521 g/mol. The summed E-state index contributed by atoms with van der Waals surface area (Å²) in [5.74, 6) is -0.935. The van der Waals surface area contributed by atoms with E-state index >= 15 is 0 Å². The van der Waals surface area contributed by atoms with E-state index in [1.165, 1.54) is 48.4 Å². The molecule has 0 radical (unpaired) electrons. The lowest BCUT2D eigenvalue weighted by Gasteiger charge is -2.33. The first-order valence-corrected chi connectivity index (χ1v) is 14.2. The van der Waals surface area contributed by atoms with E-state index in [4.69, 9.17) is 4.74 Å². The lowest BCUT2D eigenvalue weighted by Crippen LogP contribution is -2.53. The van der Waals surface area contributed by atoms with Gasteiger partial charge in [-0.1, -0.05) is 37.3 Å². The van der Waals surface area contributed by atoms with Gasteiger partial charge in [-0.3, -0.25) is 13.9 Å². The molecule has 39 heavy (non-hydrogen) atoms. The number of ether oxygens (including phenoxy) is 1. The van der Waals surface area contributed by atoms with Gasteiger partial charge in [0.1, 0.15) is 24.2 Å². The van der Waals surface area contributed by atoms with Crippen molar-refractivity contribution < 1.29 is 27.1 Å². The van der Waals surface area contributed by atoms with Crippen molar-refractivity contribution in [3.05, 3.63) is 90.2 Å². The molecule has 1 N–H and O–H groups in total. The third-order valence-corrected chi connectivity index (χ3v) is 8.05. The van der Waals surface area contributed by atoms with E-state index in [9.17, 15) is 22.4 Å². The molecule has 0 saturated heterocycles. The number of hydrogen-bond acceptors (Lipinski definition) is 5. The van der Waals surface area contributed by atoms with Crippen LogP contribution in [0.1, 0.15) is 25.8 Å². The van der Waals surface area contributed by atoms with Crippen LogP contribution in [0.25, 0.3) is 0 Å². The standard InChI is InChI=1S/C29H34FN3O5S/c1-4-27(29(35)31-5-2)32(20-19-22-9-7-6-8-10-22)28(34)21-33(24-13-11-23(30)12-14-24)39(36,37)26-17-15-25(38-3)16-18-26/h6-18,27H,4-5,19-21H2,1-3H3,(H,31,35)/t27-/m0/s1. The SMILES string of the molecule is CCNC(=O)[C@H](CC)N(CCc1ccccc1)C(=O)CN(c1ccc(F)cc1)S(=O)(=O)c1ccc(OC)cc1. The number of hydrogen-bond donors (Lipinski definition) is 1. The van der Waals surface area contributed by atoms with Crippen molar-refractivity contribution in [2.45, 2.75) is 37.6 Å². The Kier molecular flexibility index (Phi) is 10.4. The molecule has 0 bridgehead atoms. The van der Waals surface area contributed by atoms with Crippen molar-refractivity contribution in [3.8, 4) is 5.75 Å². The van der Waals surface area contributed by atoms with Gasteiger partial charge < -0.3 is 15.0 Å². The first-order chi connectivity index (χ1) is 18.7. The van der Waals surface area contributed by atoms with Crippen LogP contribution >= 0.6 is 0 Å². The summed E-state index contributed by atoms with van der Waals surface area (Å²) in [6.45, 7) is 3.61. The third-order valence-electron chi connectivity index (χ3n) is 6.26. The van der Waals surface area contributed by atoms with Crippen LogP contribution in [0, 0.1) is 5.82 Å². The molecule has 8 nitrogen and oxygen atoms in total. The maximum absolute atomic E-state index is 13.8. The summed E-state index contributed by atoms with van der Waals surface area (Å²) >= 11 is 0. The molecule has 0 aliphatic carbocycles. The lowest BCUT2D eigenvalue weighted by atomic mass is 10.1. The number of amides is 2. The molecule has 0 spiro atoms. The van der Waals surface area contributed by atoms with E-state index in [-0.39, 0.29) is 23.0 Å². The molecule has 0 fully saturated rings. The molecular formula is C29H34FN3O5S. The number of carbonyl (C=O) groups is 2. The van der Waals surface area contributed by atoms with Crippen LogP contribution in [-0.2, 0) is 26.0 Å². The number of sulfonamides is 1. The highest BCUT2D eigenvalue weighted by Crippen LogP contribution is 2.26. The monoisotopic (exact) mass is 555 g/mol. The van der Waals surface area contributed by atoms with E-state index in [1.54, 1.807) is 13.8 Å². The van der Waals surface area contributed by atoms with E-state index in [0.717, 1.165) is 22.0 Å². The number of benzene rings is 3. The van der Waals surface area contributed by atoms with Gasteiger partial charge in [0.15, 0.2) is 0 Å². The van der Waals surface area contributed by atoms with E-state index in [0.29, 0.717) is 25.1 Å². The Morgan fingerprint density at radius 1 is 0.949 bits per heavy atom. The number of nitrogens with one attached hydrogen (secondary N) is 1. The van der Waals surface area contributed by atoms with Crippen LogP contribution in [0.15, 0.2) is 83.8 Å². The second kappa shape index (κ2) is 13.7. The van der Waals surface area contributed by atoms with Crippen LogP contribution in [-0.4, -0.2) is 57.9 Å². The molecule has 208 valence electrons. The van der Waals surface area contributed by atoms with Gasteiger partial charge in [-0.05, 0) is 73.9 Å². The third kappa shape index (κ3) is 7.57. The molecule has 3 aromatic carbocycles. The van der Waals surface area contributed by atoms with E-state index in [2.05, 4.69) is 5.32 Å². The van der Waals surface area contributed by atoms with Gasteiger partial charge >= 0.3 is 0 Å². The van der Waals surface area contributed by atoms with Gasteiger partial charge in [-0.25, -0.2) is 12.8 Å². The fraction of sp³-hybridized carbons (Fsp3) is 0.310. The zero-order chi connectivity index (χ0) is 28.4. The zero-order valence-electron chi connectivity index (χ0n) is 22.3. The highest BCUT2D eigenvalue weighted by Gasteiger charge is 2.33. The minimum absolute atomic E-state index is 0.0629. The smallest absolute Gasteiger partial charge is 0.264 e. The number of rotatable bonds is 13. The Bertz CT molecular complexity index is 1330. The van der Waals surface area contributed by atoms with E-state index < -0.39 is 34.3 Å². The minimum atomic E-state index is -4.24. The van der Waals surface area contributed by atoms with Crippen molar-refractivity contribution in [3.63, 3.8) is 0 Å². The fourth-order valence-electron chi connectivity index (χ4n) is 4.20. The molecule has 0 aliphatic heterocycles. The van der Waals surface area contributed by atoms with Crippen molar-refractivity contribution in [1.29, 1.82) is 0 Å². The number of anilines is 1. The summed E-state index contributed by atoms with van der Waals surface area (Å²) in [4.78, 5) is 28.1. The van der Waals surface area contributed by atoms with Crippen LogP contribution < -0.4 is 14.4 Å². The van der Waals surface area contributed by atoms with Crippen LogP contribution in [0.3, 0.4) is 0 Å². The van der Waals surface area contributed by atoms with Gasteiger partial charge in [-0.15, -0.1) is 0 Å². The number of likely N-dealkylation sites (N-methyl/N-ethyl adjacent to an activating group) is 1. The Morgan fingerprint density at radius 2 is 1.59 bits per heavy atom. The Hall–Kier alpha value is -3.92. The summed E-state index contributed by atoms with van der Waals surface area (Å²) in [5, 5.41) is 2.77. The van der Waals surface area contributed by atoms with Crippen LogP contribution in [0.5, 0.6) is 5.75 Å². The quantitative estimate of drug-likeness (QED) is 0.344. The van der Waals surface area contributed by atoms with Crippen molar-refractivity contribution >= 4 is 27.5 Å². The number of methoxy groups -OCH3 is 1. The molecule has 0 heterocycles. The number of nitrogens with zero attached hydrogens (tertiary/aromatic N) is 2. The average Bonchev–Trinajstić information content (AvgIpc) is 2.95. The average molecular weight is 556 g/mol. The number of carbonyl (C=O) groups excluding carboxylic acids is 2. The first kappa shape index (κ1) is 29.6. The molecule has 10 heteroatoms. The largest absolute Gasteiger partial charge is 0.497 e. The highest BCUT2D eigenvalue weighted by atomic mass is 32.2. The fourth-order valence-corrected chi connectivity index (χ4v) is 5.61. The summed E-state index contributed by atoms with van der Waals surface area (Å²) < 4.78 is 47.3. The van der Waals surface area contributed by atoms with Gasteiger partial charge in [0.25, 0.3) is 10.0 Å². The maximum Gasteiger partial charge on any atom is 0.264 e. The number of halogens is 1. The second-order valence-corrected chi connectivity index (χ2v) is 10.7. The first-order valence-electron chi connectivity index (χ1n) is 12.7. The second-order valence-electron chi connectivity index (χ2n) is 8.80. The predicted octanol–water partition coefficient (Wildman–Crippen LogP) is 4.02. The molecule has 3 rings (SSSR count). The molecule has 0 unspecified atom stereocenters. The van der Waals surface area contributed by atoms with Gasteiger partial charge in [0, 0.05) is 13.1 Å². The van der Waals surface area contributed by atoms with Gasteiger partial charge in [-0.2, -0.15) is 0 Å². The van der Waals surface area contributed by atoms with Gasteiger partial charge in [0.05, 0.1) is 17.7 Å². The Morgan fingerprint density at radius 3 is 2.15 bits per heavy atom. The molecule has 0 saturated carbocycles. The van der Waals surface area contributed by atoms with Crippen molar-refractivity contribution in [2.24, 2.45) is 0 Å². The maximum atomic E-state index is 13.8. The molecule has 0 aromatic heterocycles. The van der Waals surface area contributed by atoms with Crippen molar-refractivity contribution in [1.82, 2.24) is 10.2 Å². The molecule has 2 amide bonds. The minimum Gasteiger partial charge on any atom is -0.497 e. The topological polar surface area (TPSA) is 96.0 Å². The van der Waals surface area contributed by atoms with Gasteiger partial charge in [0.2, 0.25) is 11.8 Å². The van der Waals surface area contributed by atoms with Crippen LogP contribution in [0.4, 0.5) is 10.1 Å². The van der Waals surface area contributed by atoms with E-state index in [1.807, 2.05) is 30.3 Å².